The van der Waals surface area contributed by atoms with Crippen LogP contribution in [-0.4, -0.2) is 43.5 Å². The van der Waals surface area contributed by atoms with E-state index in [4.69, 9.17) is 4.74 Å². The summed E-state index contributed by atoms with van der Waals surface area (Å²) in [5.41, 5.74) is 1.81. The Bertz CT molecular complexity index is 764. The summed E-state index contributed by atoms with van der Waals surface area (Å²) in [6.45, 7) is 2.11. The number of hydrogen-bond donors (Lipinski definition) is 3. The van der Waals surface area contributed by atoms with E-state index in [2.05, 4.69) is 15.5 Å². The molecule has 6 nitrogen and oxygen atoms in total. The Morgan fingerprint density at radius 1 is 1.14 bits per heavy atom. The Balaban J connectivity index is 1.41. The number of aliphatic hydroxyl groups excluding tert-OH is 1. The van der Waals surface area contributed by atoms with Crippen LogP contribution in [0.5, 0.6) is 5.75 Å². The SMILES string of the molecule is O=C(NCC(O)COc1ccc(F)cc1)Nc1cccc(N2CCCCC2)c1. The van der Waals surface area contributed by atoms with E-state index in [0.717, 1.165) is 18.8 Å². The molecule has 0 aliphatic carbocycles. The number of rotatable bonds is 7. The lowest BCUT2D eigenvalue weighted by Gasteiger charge is -2.29. The Morgan fingerprint density at radius 2 is 1.89 bits per heavy atom. The number of amides is 2. The zero-order valence-corrected chi connectivity index (χ0v) is 15.7. The minimum Gasteiger partial charge on any atom is -0.491 e. The van der Waals surface area contributed by atoms with E-state index in [1.165, 1.54) is 43.5 Å². The van der Waals surface area contributed by atoms with Crippen LogP contribution in [0.25, 0.3) is 0 Å². The third kappa shape index (κ3) is 6.13. The number of benzene rings is 2. The van der Waals surface area contributed by atoms with Crippen molar-refractivity contribution in [3.63, 3.8) is 0 Å². The van der Waals surface area contributed by atoms with Gasteiger partial charge in [-0.25, -0.2) is 9.18 Å². The Morgan fingerprint density at radius 3 is 2.64 bits per heavy atom. The lowest BCUT2D eigenvalue weighted by molar-refractivity contribution is 0.108. The minimum atomic E-state index is -0.879. The van der Waals surface area contributed by atoms with Crippen LogP contribution >= 0.6 is 0 Å². The molecule has 0 spiro atoms. The summed E-state index contributed by atoms with van der Waals surface area (Å²) in [6.07, 6.45) is 2.77. The van der Waals surface area contributed by atoms with Crippen molar-refractivity contribution in [2.75, 3.05) is 36.5 Å². The van der Waals surface area contributed by atoms with Gasteiger partial charge in [-0.1, -0.05) is 6.07 Å². The average molecular weight is 387 g/mol. The molecule has 0 bridgehead atoms. The molecular formula is C21H26FN3O3. The first kappa shape index (κ1) is 19.9. The maximum absolute atomic E-state index is 12.8. The number of aliphatic hydroxyl groups is 1. The van der Waals surface area contributed by atoms with Gasteiger partial charge < -0.3 is 25.4 Å². The van der Waals surface area contributed by atoms with Gasteiger partial charge >= 0.3 is 6.03 Å². The molecule has 0 aromatic heterocycles. The maximum Gasteiger partial charge on any atom is 0.319 e. The van der Waals surface area contributed by atoms with E-state index < -0.39 is 12.1 Å². The normalized spacial score (nSPS) is 15.0. The van der Waals surface area contributed by atoms with E-state index in [1.807, 2.05) is 24.3 Å². The molecule has 0 saturated carbocycles. The average Bonchev–Trinajstić information content (AvgIpc) is 2.73. The van der Waals surface area contributed by atoms with Gasteiger partial charge in [0.05, 0.1) is 0 Å². The Hall–Kier alpha value is -2.80. The van der Waals surface area contributed by atoms with Gasteiger partial charge in [0.15, 0.2) is 0 Å². The van der Waals surface area contributed by atoms with Crippen LogP contribution < -0.4 is 20.3 Å². The van der Waals surface area contributed by atoms with Crippen LogP contribution in [0.4, 0.5) is 20.6 Å². The van der Waals surface area contributed by atoms with E-state index in [0.29, 0.717) is 11.4 Å². The summed E-state index contributed by atoms with van der Waals surface area (Å²) in [7, 11) is 0. The molecule has 1 fully saturated rings. The van der Waals surface area contributed by atoms with Crippen molar-refractivity contribution < 1.29 is 19.0 Å². The number of ether oxygens (including phenoxy) is 1. The number of nitrogens with one attached hydrogen (secondary N) is 2. The molecule has 3 N–H and O–H groups in total. The molecule has 2 aromatic rings. The largest absolute Gasteiger partial charge is 0.491 e. The van der Waals surface area contributed by atoms with Crippen LogP contribution in [-0.2, 0) is 0 Å². The second kappa shape index (κ2) is 9.94. The lowest BCUT2D eigenvalue weighted by atomic mass is 10.1. The molecular weight excluding hydrogens is 361 g/mol. The Labute approximate surface area is 164 Å². The third-order valence-electron chi connectivity index (χ3n) is 4.58. The molecule has 2 aromatic carbocycles. The summed E-state index contributed by atoms with van der Waals surface area (Å²) in [4.78, 5) is 14.4. The first-order valence-electron chi connectivity index (χ1n) is 9.56. The summed E-state index contributed by atoms with van der Waals surface area (Å²) in [5.74, 6) is 0.107. The highest BCUT2D eigenvalue weighted by atomic mass is 19.1. The topological polar surface area (TPSA) is 73.8 Å². The first-order valence-corrected chi connectivity index (χ1v) is 9.56. The summed E-state index contributed by atoms with van der Waals surface area (Å²) < 4.78 is 18.2. The molecule has 2 amide bonds. The molecule has 1 heterocycles. The minimum absolute atomic E-state index is 0.00361. The highest BCUT2D eigenvalue weighted by molar-refractivity contribution is 5.89. The standard InChI is InChI=1S/C21H26FN3O3/c22-16-7-9-20(10-8-16)28-15-19(26)14-23-21(27)24-17-5-4-6-18(13-17)25-11-2-1-3-12-25/h4-10,13,19,26H,1-3,11-12,14-15H2,(H2,23,24,27). The molecule has 3 rings (SSSR count). The van der Waals surface area contributed by atoms with E-state index in [9.17, 15) is 14.3 Å². The zero-order valence-electron chi connectivity index (χ0n) is 15.7. The van der Waals surface area contributed by atoms with E-state index >= 15 is 0 Å². The van der Waals surface area contributed by atoms with Crippen molar-refractivity contribution in [1.29, 1.82) is 0 Å². The van der Waals surface area contributed by atoms with Crippen LogP contribution in [0.15, 0.2) is 48.5 Å². The van der Waals surface area contributed by atoms with Gasteiger partial charge in [-0.2, -0.15) is 0 Å². The number of nitrogens with zero attached hydrogens (tertiary/aromatic N) is 1. The van der Waals surface area contributed by atoms with E-state index in [1.54, 1.807) is 0 Å². The number of carbonyl (C=O) groups is 1. The fourth-order valence-electron chi connectivity index (χ4n) is 3.10. The zero-order chi connectivity index (χ0) is 19.8. The molecule has 28 heavy (non-hydrogen) atoms. The molecule has 1 aliphatic heterocycles. The van der Waals surface area contributed by atoms with Gasteiger partial charge in [0.25, 0.3) is 0 Å². The monoisotopic (exact) mass is 387 g/mol. The van der Waals surface area contributed by atoms with Gasteiger partial charge in [-0.05, 0) is 61.7 Å². The predicted octanol–water partition coefficient (Wildman–Crippen LogP) is 3.38. The highest BCUT2D eigenvalue weighted by Crippen LogP contribution is 2.23. The number of piperidine rings is 1. The summed E-state index contributed by atoms with van der Waals surface area (Å²) >= 11 is 0. The fraction of sp³-hybridized carbons (Fsp3) is 0.381. The van der Waals surface area contributed by atoms with Crippen molar-refractivity contribution in [1.82, 2.24) is 5.32 Å². The van der Waals surface area contributed by atoms with Gasteiger partial charge in [0.2, 0.25) is 0 Å². The highest BCUT2D eigenvalue weighted by Gasteiger charge is 2.12. The molecule has 1 aliphatic rings. The second-order valence-electron chi connectivity index (χ2n) is 6.85. The number of halogens is 1. The summed E-state index contributed by atoms with van der Waals surface area (Å²) in [6, 6.07) is 12.9. The molecule has 1 atom stereocenters. The molecule has 1 saturated heterocycles. The van der Waals surface area contributed by atoms with Crippen molar-refractivity contribution in [2.24, 2.45) is 0 Å². The molecule has 150 valence electrons. The van der Waals surface area contributed by atoms with Gasteiger partial charge in [0.1, 0.15) is 24.3 Å². The third-order valence-corrected chi connectivity index (χ3v) is 4.58. The van der Waals surface area contributed by atoms with Crippen molar-refractivity contribution >= 4 is 17.4 Å². The second-order valence-corrected chi connectivity index (χ2v) is 6.85. The van der Waals surface area contributed by atoms with Crippen LogP contribution in [0.1, 0.15) is 19.3 Å². The number of anilines is 2. The lowest BCUT2D eigenvalue weighted by Crippen LogP contribution is -2.37. The van der Waals surface area contributed by atoms with Gasteiger partial charge in [-0.3, -0.25) is 0 Å². The van der Waals surface area contributed by atoms with Gasteiger partial charge in [-0.15, -0.1) is 0 Å². The number of urea groups is 1. The van der Waals surface area contributed by atoms with Crippen LogP contribution in [0, 0.1) is 5.82 Å². The maximum atomic E-state index is 12.8. The fourth-order valence-corrected chi connectivity index (χ4v) is 3.10. The van der Waals surface area contributed by atoms with E-state index in [-0.39, 0.29) is 19.0 Å². The van der Waals surface area contributed by atoms with Crippen molar-refractivity contribution in [2.45, 2.75) is 25.4 Å². The molecule has 0 radical (unpaired) electrons. The number of hydrogen-bond acceptors (Lipinski definition) is 4. The van der Waals surface area contributed by atoms with Crippen molar-refractivity contribution in [3.8, 4) is 5.75 Å². The van der Waals surface area contributed by atoms with Crippen LogP contribution in [0.2, 0.25) is 0 Å². The van der Waals surface area contributed by atoms with Gasteiger partial charge in [0, 0.05) is 31.0 Å². The molecule has 1 unspecified atom stereocenters. The van der Waals surface area contributed by atoms with Crippen LogP contribution in [0.3, 0.4) is 0 Å². The first-order chi connectivity index (χ1) is 13.6. The predicted molar refractivity (Wildman–Crippen MR) is 107 cm³/mol. The van der Waals surface area contributed by atoms with Crippen molar-refractivity contribution in [3.05, 3.63) is 54.3 Å². The summed E-state index contributed by atoms with van der Waals surface area (Å²) in [5, 5.41) is 15.4. The smallest absolute Gasteiger partial charge is 0.319 e. The quantitative estimate of drug-likeness (QED) is 0.681. The molecule has 7 heteroatoms. The number of carbonyl (C=O) groups excluding carboxylic acids is 1. The Kier molecular flexibility index (Phi) is 7.08.